The first kappa shape index (κ1) is 12.9. The molecule has 3 N–H and O–H groups in total. The van der Waals surface area contributed by atoms with E-state index in [2.05, 4.69) is 10.2 Å². The van der Waals surface area contributed by atoms with E-state index in [0.717, 1.165) is 16.7 Å². The zero-order valence-electron chi connectivity index (χ0n) is 9.56. The second-order valence-corrected chi connectivity index (χ2v) is 4.52. The highest BCUT2D eigenvalue weighted by atomic mass is 32.1. The Morgan fingerprint density at radius 1 is 1.50 bits per heavy atom. The number of rotatable bonds is 7. The van der Waals surface area contributed by atoms with E-state index in [4.69, 9.17) is 15.9 Å². The van der Waals surface area contributed by atoms with Gasteiger partial charge in [0.15, 0.2) is 0 Å². The molecule has 1 heterocycles. The van der Waals surface area contributed by atoms with Gasteiger partial charge in [-0.25, -0.2) is 0 Å². The van der Waals surface area contributed by atoms with E-state index in [-0.39, 0.29) is 5.84 Å². The number of hydrogen-bond acceptors (Lipinski definition) is 6. The zero-order valence-corrected chi connectivity index (χ0v) is 10.4. The summed E-state index contributed by atoms with van der Waals surface area (Å²) in [7, 11) is 1.66. The maximum absolute atomic E-state index is 7.22. The fourth-order valence-electron chi connectivity index (χ4n) is 1.17. The summed E-state index contributed by atoms with van der Waals surface area (Å²) in [6.07, 6.45) is 0.530. The van der Waals surface area contributed by atoms with Crippen LogP contribution >= 0.6 is 11.3 Å². The van der Waals surface area contributed by atoms with Crippen LogP contribution in [0.2, 0.25) is 0 Å². The highest BCUT2D eigenvalue weighted by Crippen LogP contribution is 2.19. The molecule has 0 radical (unpaired) electrons. The predicted octanol–water partition coefficient (Wildman–Crippen LogP) is 0.625. The molecule has 6 nitrogen and oxygen atoms in total. The standard InChI is InChI=1S/C9H17N5OS/c1-7-12-13-9(16-7)14(5-6-15-2)4-3-8(10)11/h3-6H2,1-2H3,(H3,10,11). The summed E-state index contributed by atoms with van der Waals surface area (Å²) in [5.74, 6) is 0.184. The first-order valence-electron chi connectivity index (χ1n) is 5.00. The molecular formula is C9H17N5OS. The average molecular weight is 243 g/mol. The van der Waals surface area contributed by atoms with Gasteiger partial charge < -0.3 is 15.4 Å². The molecule has 0 bridgehead atoms. The molecule has 0 aliphatic rings. The fraction of sp³-hybridized carbons (Fsp3) is 0.667. The summed E-state index contributed by atoms with van der Waals surface area (Å²) in [5, 5.41) is 17.1. The quantitative estimate of drug-likeness (QED) is 0.541. The Hall–Kier alpha value is -1.21. The van der Waals surface area contributed by atoms with Gasteiger partial charge in [-0.2, -0.15) is 0 Å². The number of hydrogen-bond donors (Lipinski definition) is 2. The van der Waals surface area contributed by atoms with Crippen LogP contribution in [0.3, 0.4) is 0 Å². The van der Waals surface area contributed by atoms with E-state index < -0.39 is 0 Å². The lowest BCUT2D eigenvalue weighted by Gasteiger charge is -2.20. The van der Waals surface area contributed by atoms with Gasteiger partial charge in [0.25, 0.3) is 0 Å². The van der Waals surface area contributed by atoms with Gasteiger partial charge in [-0.1, -0.05) is 11.3 Å². The molecule has 0 atom stereocenters. The van der Waals surface area contributed by atoms with Crippen LogP contribution < -0.4 is 10.6 Å². The van der Waals surface area contributed by atoms with Crippen molar-refractivity contribution in [2.75, 3.05) is 31.7 Å². The van der Waals surface area contributed by atoms with Gasteiger partial charge in [-0.15, -0.1) is 10.2 Å². The molecule has 0 aliphatic carbocycles. The Morgan fingerprint density at radius 2 is 2.25 bits per heavy atom. The Labute approximate surface area is 98.9 Å². The molecule has 0 aliphatic heterocycles. The van der Waals surface area contributed by atoms with Crippen molar-refractivity contribution in [3.05, 3.63) is 5.01 Å². The lowest BCUT2D eigenvalue weighted by atomic mass is 10.3. The molecule has 0 saturated carbocycles. The van der Waals surface area contributed by atoms with Crippen LogP contribution in [0.5, 0.6) is 0 Å². The van der Waals surface area contributed by atoms with Crippen molar-refractivity contribution in [3.63, 3.8) is 0 Å². The van der Waals surface area contributed by atoms with E-state index in [1.54, 1.807) is 7.11 Å². The first-order chi connectivity index (χ1) is 7.63. The van der Waals surface area contributed by atoms with Crippen molar-refractivity contribution in [1.29, 1.82) is 5.41 Å². The minimum Gasteiger partial charge on any atom is -0.388 e. The van der Waals surface area contributed by atoms with E-state index in [1.807, 2.05) is 11.8 Å². The molecule has 0 aromatic carbocycles. The molecule has 0 amide bonds. The van der Waals surface area contributed by atoms with Gasteiger partial charge in [-0.3, -0.25) is 5.41 Å². The minimum atomic E-state index is 0.184. The number of aryl methyl sites for hydroxylation is 1. The largest absolute Gasteiger partial charge is 0.388 e. The van der Waals surface area contributed by atoms with E-state index >= 15 is 0 Å². The van der Waals surface area contributed by atoms with Gasteiger partial charge in [0.1, 0.15) is 5.01 Å². The maximum Gasteiger partial charge on any atom is 0.208 e. The van der Waals surface area contributed by atoms with Crippen molar-refractivity contribution < 1.29 is 4.74 Å². The smallest absolute Gasteiger partial charge is 0.208 e. The lowest BCUT2D eigenvalue weighted by Crippen LogP contribution is -2.30. The van der Waals surface area contributed by atoms with Crippen molar-refractivity contribution in [2.45, 2.75) is 13.3 Å². The Bertz CT molecular complexity index is 340. The Kier molecular flexibility index (Phi) is 5.13. The SMILES string of the molecule is COCCN(CCC(=N)N)c1nnc(C)s1. The van der Waals surface area contributed by atoms with Crippen LogP contribution in [0.4, 0.5) is 5.13 Å². The van der Waals surface area contributed by atoms with Gasteiger partial charge in [0, 0.05) is 26.6 Å². The molecule has 0 spiro atoms. The monoisotopic (exact) mass is 243 g/mol. The minimum absolute atomic E-state index is 0.184. The van der Waals surface area contributed by atoms with E-state index in [0.29, 0.717) is 19.6 Å². The molecule has 1 aromatic rings. The van der Waals surface area contributed by atoms with E-state index in [9.17, 15) is 0 Å². The van der Waals surface area contributed by atoms with Crippen LogP contribution in [0, 0.1) is 12.3 Å². The molecular weight excluding hydrogens is 226 g/mol. The van der Waals surface area contributed by atoms with Gasteiger partial charge in [0.2, 0.25) is 5.13 Å². The zero-order chi connectivity index (χ0) is 12.0. The summed E-state index contributed by atoms with van der Waals surface area (Å²) in [4.78, 5) is 2.04. The summed E-state index contributed by atoms with van der Waals surface area (Å²) >= 11 is 1.53. The van der Waals surface area contributed by atoms with Crippen molar-refractivity contribution >= 4 is 22.3 Å². The molecule has 1 rings (SSSR count). The normalized spacial score (nSPS) is 10.4. The third kappa shape index (κ3) is 4.11. The van der Waals surface area contributed by atoms with Crippen LogP contribution in [0.15, 0.2) is 0 Å². The molecule has 0 saturated heterocycles. The van der Waals surface area contributed by atoms with E-state index in [1.165, 1.54) is 11.3 Å². The maximum atomic E-state index is 7.22. The third-order valence-corrected chi connectivity index (χ3v) is 2.90. The third-order valence-electron chi connectivity index (χ3n) is 2.00. The summed E-state index contributed by atoms with van der Waals surface area (Å²) in [5.41, 5.74) is 5.35. The molecule has 1 aromatic heterocycles. The first-order valence-corrected chi connectivity index (χ1v) is 5.82. The summed E-state index contributed by atoms with van der Waals surface area (Å²) < 4.78 is 5.04. The molecule has 90 valence electrons. The lowest BCUT2D eigenvalue weighted by molar-refractivity contribution is 0.205. The van der Waals surface area contributed by atoms with Crippen molar-refractivity contribution in [3.8, 4) is 0 Å². The number of nitrogens with zero attached hydrogens (tertiary/aromatic N) is 3. The summed E-state index contributed by atoms with van der Waals surface area (Å²) in [6, 6.07) is 0. The molecule has 16 heavy (non-hydrogen) atoms. The molecule has 0 fully saturated rings. The molecule has 0 unspecified atom stereocenters. The van der Waals surface area contributed by atoms with Gasteiger partial charge in [0.05, 0.1) is 12.4 Å². The number of anilines is 1. The highest BCUT2D eigenvalue weighted by molar-refractivity contribution is 7.15. The molecule has 7 heteroatoms. The number of aromatic nitrogens is 2. The van der Waals surface area contributed by atoms with Gasteiger partial charge in [-0.05, 0) is 6.92 Å². The number of amidine groups is 1. The van der Waals surface area contributed by atoms with Crippen molar-refractivity contribution in [2.24, 2.45) is 5.73 Å². The Morgan fingerprint density at radius 3 is 2.75 bits per heavy atom. The van der Waals surface area contributed by atoms with Crippen molar-refractivity contribution in [1.82, 2.24) is 10.2 Å². The highest BCUT2D eigenvalue weighted by Gasteiger charge is 2.11. The topological polar surface area (TPSA) is 88.1 Å². The fourth-order valence-corrected chi connectivity index (χ4v) is 1.91. The second kappa shape index (κ2) is 6.39. The van der Waals surface area contributed by atoms with Crippen LogP contribution in [-0.2, 0) is 4.74 Å². The second-order valence-electron chi connectivity index (χ2n) is 3.36. The van der Waals surface area contributed by atoms with Crippen LogP contribution in [0.1, 0.15) is 11.4 Å². The summed E-state index contributed by atoms with van der Waals surface area (Å²) in [6.45, 7) is 3.95. The number of ether oxygens (including phenoxy) is 1. The average Bonchev–Trinajstić information content (AvgIpc) is 2.64. The number of nitrogens with two attached hydrogens (primary N) is 1. The van der Waals surface area contributed by atoms with Crippen LogP contribution in [-0.4, -0.2) is 42.8 Å². The van der Waals surface area contributed by atoms with Gasteiger partial charge >= 0.3 is 0 Å². The Balaban J connectivity index is 2.59. The predicted molar refractivity (Wildman–Crippen MR) is 65.3 cm³/mol. The van der Waals surface area contributed by atoms with Crippen LogP contribution in [0.25, 0.3) is 0 Å². The number of methoxy groups -OCH3 is 1. The number of nitrogens with one attached hydrogen (secondary N) is 1.